The van der Waals surface area contributed by atoms with Crippen molar-refractivity contribution in [2.75, 3.05) is 0 Å². The molecule has 1 rings (SSSR count). The predicted molar refractivity (Wildman–Crippen MR) is 72.2 cm³/mol. The molecule has 0 aliphatic rings. The summed E-state index contributed by atoms with van der Waals surface area (Å²) in [6, 6.07) is 7.19. The van der Waals surface area contributed by atoms with Crippen molar-refractivity contribution in [3.63, 3.8) is 0 Å². The van der Waals surface area contributed by atoms with Gasteiger partial charge in [0, 0.05) is 0 Å². The summed E-state index contributed by atoms with van der Waals surface area (Å²) in [4.78, 5) is 12.0. The fourth-order valence-electron chi connectivity index (χ4n) is 1.53. The SMILES string of the molecule is C=Cc1ccccc1C(=O)OC(C)OC(C)CC. The van der Waals surface area contributed by atoms with E-state index in [2.05, 4.69) is 6.58 Å². The minimum atomic E-state index is -0.551. The minimum absolute atomic E-state index is 0.0717. The van der Waals surface area contributed by atoms with Crippen LogP contribution in [0.5, 0.6) is 0 Å². The molecular weight excluding hydrogens is 228 g/mol. The second kappa shape index (κ2) is 6.97. The number of esters is 1. The van der Waals surface area contributed by atoms with E-state index in [1.807, 2.05) is 26.0 Å². The predicted octanol–water partition coefficient (Wildman–Crippen LogP) is 3.65. The van der Waals surface area contributed by atoms with Gasteiger partial charge in [0.05, 0.1) is 11.7 Å². The molecule has 98 valence electrons. The Labute approximate surface area is 108 Å². The molecule has 3 heteroatoms. The van der Waals surface area contributed by atoms with Crippen molar-refractivity contribution in [3.05, 3.63) is 42.0 Å². The Hall–Kier alpha value is -1.61. The fraction of sp³-hybridized carbons (Fsp3) is 0.400. The molecule has 0 aliphatic carbocycles. The molecule has 1 aromatic carbocycles. The van der Waals surface area contributed by atoms with Gasteiger partial charge in [-0.3, -0.25) is 0 Å². The third kappa shape index (κ3) is 4.00. The maximum atomic E-state index is 12.0. The smallest absolute Gasteiger partial charge is 0.341 e. The standard InChI is InChI=1S/C15H20O3/c1-5-11(3)17-12(4)18-15(16)14-10-8-7-9-13(14)6-2/h6-12H,2,5H2,1,3-4H3. The normalized spacial score (nSPS) is 13.7. The molecule has 0 saturated heterocycles. The molecule has 0 radical (unpaired) electrons. The molecule has 1 aromatic rings. The van der Waals surface area contributed by atoms with Gasteiger partial charge in [0.2, 0.25) is 6.29 Å². The van der Waals surface area contributed by atoms with Crippen LogP contribution in [0.3, 0.4) is 0 Å². The molecule has 2 atom stereocenters. The van der Waals surface area contributed by atoms with Gasteiger partial charge in [0.25, 0.3) is 0 Å². The topological polar surface area (TPSA) is 35.5 Å². The van der Waals surface area contributed by atoms with Crippen LogP contribution in [0, 0.1) is 0 Å². The monoisotopic (exact) mass is 248 g/mol. The molecule has 0 amide bonds. The zero-order valence-corrected chi connectivity index (χ0v) is 11.2. The van der Waals surface area contributed by atoms with E-state index in [9.17, 15) is 4.79 Å². The fourth-order valence-corrected chi connectivity index (χ4v) is 1.53. The quantitative estimate of drug-likeness (QED) is 0.569. The molecule has 0 aliphatic heterocycles. The molecule has 0 spiro atoms. The Kier molecular flexibility index (Phi) is 5.59. The first-order valence-corrected chi connectivity index (χ1v) is 6.16. The highest BCUT2D eigenvalue weighted by Crippen LogP contribution is 2.13. The lowest BCUT2D eigenvalue weighted by molar-refractivity contribution is -0.126. The molecular formula is C15H20O3. The van der Waals surface area contributed by atoms with E-state index in [1.54, 1.807) is 25.1 Å². The third-order valence-corrected chi connectivity index (χ3v) is 2.67. The number of ether oxygens (including phenoxy) is 2. The average Bonchev–Trinajstić information content (AvgIpc) is 2.38. The molecule has 0 fully saturated rings. The highest BCUT2D eigenvalue weighted by molar-refractivity contribution is 5.93. The number of rotatable bonds is 6. The summed E-state index contributed by atoms with van der Waals surface area (Å²) in [7, 11) is 0. The van der Waals surface area contributed by atoms with E-state index in [0.717, 1.165) is 12.0 Å². The Morgan fingerprint density at radius 1 is 1.39 bits per heavy atom. The molecule has 0 saturated carbocycles. The lowest BCUT2D eigenvalue weighted by Crippen LogP contribution is -2.23. The summed E-state index contributed by atoms with van der Waals surface area (Å²) in [5.74, 6) is -0.388. The number of benzene rings is 1. The summed E-state index contributed by atoms with van der Waals surface area (Å²) < 4.78 is 10.7. The van der Waals surface area contributed by atoms with Gasteiger partial charge in [-0.1, -0.05) is 37.8 Å². The summed E-state index contributed by atoms with van der Waals surface area (Å²) in [6.07, 6.45) is 2.04. The van der Waals surface area contributed by atoms with Crippen LogP contribution in [-0.4, -0.2) is 18.4 Å². The first-order chi connectivity index (χ1) is 8.58. The lowest BCUT2D eigenvalue weighted by Gasteiger charge is -2.18. The maximum absolute atomic E-state index is 12.0. The molecule has 0 N–H and O–H groups in total. The molecule has 3 nitrogen and oxygen atoms in total. The number of hydrogen-bond donors (Lipinski definition) is 0. The van der Waals surface area contributed by atoms with Crippen LogP contribution in [0.4, 0.5) is 0 Å². The largest absolute Gasteiger partial charge is 0.432 e. The Balaban J connectivity index is 2.67. The summed E-state index contributed by atoms with van der Waals surface area (Å²) in [5, 5.41) is 0. The zero-order chi connectivity index (χ0) is 13.5. The van der Waals surface area contributed by atoms with Crippen molar-refractivity contribution >= 4 is 12.0 Å². The zero-order valence-electron chi connectivity index (χ0n) is 11.2. The molecule has 0 aromatic heterocycles. The van der Waals surface area contributed by atoms with Gasteiger partial charge in [-0.25, -0.2) is 4.79 Å². The Bertz CT molecular complexity index is 412. The van der Waals surface area contributed by atoms with Crippen molar-refractivity contribution in [1.82, 2.24) is 0 Å². The van der Waals surface area contributed by atoms with Crippen molar-refractivity contribution in [1.29, 1.82) is 0 Å². The second-order valence-corrected chi connectivity index (χ2v) is 4.12. The average molecular weight is 248 g/mol. The summed E-state index contributed by atoms with van der Waals surface area (Å²) >= 11 is 0. The number of carbonyl (C=O) groups excluding carboxylic acids is 1. The van der Waals surface area contributed by atoms with Gasteiger partial charge in [-0.15, -0.1) is 0 Å². The Morgan fingerprint density at radius 2 is 2.06 bits per heavy atom. The number of carbonyl (C=O) groups is 1. The van der Waals surface area contributed by atoms with E-state index in [0.29, 0.717) is 5.56 Å². The van der Waals surface area contributed by atoms with Crippen LogP contribution in [0.1, 0.15) is 43.1 Å². The van der Waals surface area contributed by atoms with E-state index in [-0.39, 0.29) is 12.1 Å². The molecule has 18 heavy (non-hydrogen) atoms. The van der Waals surface area contributed by atoms with Crippen LogP contribution in [0.15, 0.2) is 30.8 Å². The van der Waals surface area contributed by atoms with Crippen molar-refractivity contribution in [2.24, 2.45) is 0 Å². The minimum Gasteiger partial charge on any atom is -0.432 e. The van der Waals surface area contributed by atoms with Gasteiger partial charge in [0.1, 0.15) is 0 Å². The van der Waals surface area contributed by atoms with E-state index in [4.69, 9.17) is 9.47 Å². The van der Waals surface area contributed by atoms with E-state index >= 15 is 0 Å². The van der Waals surface area contributed by atoms with Crippen LogP contribution >= 0.6 is 0 Å². The molecule has 0 heterocycles. The van der Waals surface area contributed by atoms with Gasteiger partial charge >= 0.3 is 5.97 Å². The molecule has 2 unspecified atom stereocenters. The van der Waals surface area contributed by atoms with Crippen molar-refractivity contribution in [2.45, 2.75) is 39.6 Å². The second-order valence-electron chi connectivity index (χ2n) is 4.12. The molecule has 0 bridgehead atoms. The van der Waals surface area contributed by atoms with Crippen molar-refractivity contribution < 1.29 is 14.3 Å². The third-order valence-electron chi connectivity index (χ3n) is 2.67. The van der Waals surface area contributed by atoms with Gasteiger partial charge in [-0.05, 0) is 31.9 Å². The van der Waals surface area contributed by atoms with Crippen LogP contribution in [0.2, 0.25) is 0 Å². The van der Waals surface area contributed by atoms with Gasteiger partial charge in [0.15, 0.2) is 0 Å². The highest BCUT2D eigenvalue weighted by atomic mass is 16.7. The Morgan fingerprint density at radius 3 is 2.67 bits per heavy atom. The first kappa shape index (κ1) is 14.5. The summed E-state index contributed by atoms with van der Waals surface area (Å²) in [5.41, 5.74) is 1.27. The van der Waals surface area contributed by atoms with Gasteiger partial charge in [-0.2, -0.15) is 0 Å². The maximum Gasteiger partial charge on any atom is 0.341 e. The van der Waals surface area contributed by atoms with Gasteiger partial charge < -0.3 is 9.47 Å². The highest BCUT2D eigenvalue weighted by Gasteiger charge is 2.15. The summed E-state index contributed by atoms with van der Waals surface area (Å²) in [6.45, 7) is 9.37. The van der Waals surface area contributed by atoms with E-state index < -0.39 is 6.29 Å². The number of hydrogen-bond acceptors (Lipinski definition) is 3. The lowest BCUT2D eigenvalue weighted by atomic mass is 10.1. The van der Waals surface area contributed by atoms with Crippen molar-refractivity contribution in [3.8, 4) is 0 Å². The van der Waals surface area contributed by atoms with E-state index in [1.165, 1.54) is 0 Å². The first-order valence-electron chi connectivity index (χ1n) is 6.16. The van der Waals surface area contributed by atoms with Crippen LogP contribution < -0.4 is 0 Å². The van der Waals surface area contributed by atoms with Crippen LogP contribution in [0.25, 0.3) is 6.08 Å². The van der Waals surface area contributed by atoms with Crippen LogP contribution in [-0.2, 0) is 9.47 Å².